The van der Waals surface area contributed by atoms with E-state index in [9.17, 15) is 38.7 Å². The molecule has 0 aromatic carbocycles. The number of nitrogens with one attached hydrogen (secondary N) is 6. The first-order valence-electron chi connectivity index (χ1n) is 22.7. The molecule has 9 N–H and O–H groups in total. The molecule has 0 saturated carbocycles. The van der Waals surface area contributed by atoms with Crippen molar-refractivity contribution >= 4 is 41.8 Å². The Kier molecular flexibility index (Phi) is 29.5. The number of aliphatic carboxylic acids is 1. The van der Waals surface area contributed by atoms with Gasteiger partial charge in [-0.15, -0.1) is 0 Å². The number of alkyl carbamates (subject to hydrolysis) is 2. The van der Waals surface area contributed by atoms with Crippen LogP contribution in [0.2, 0.25) is 0 Å². The number of carboxylic acids is 1. The molecule has 0 aliphatic rings. The van der Waals surface area contributed by atoms with E-state index >= 15 is 0 Å². The summed E-state index contributed by atoms with van der Waals surface area (Å²) in [6.45, 7) is 18.8. The highest BCUT2D eigenvalue weighted by Crippen LogP contribution is 2.13. The van der Waals surface area contributed by atoms with E-state index in [1.165, 1.54) is 32.1 Å². The predicted molar refractivity (Wildman–Crippen MR) is 238 cm³/mol. The zero-order valence-corrected chi connectivity index (χ0v) is 39.5. The van der Waals surface area contributed by atoms with Crippen molar-refractivity contribution in [2.24, 2.45) is 11.7 Å². The van der Waals surface area contributed by atoms with Crippen LogP contribution in [-0.4, -0.2) is 108 Å². The van der Waals surface area contributed by atoms with Gasteiger partial charge in [0.1, 0.15) is 29.3 Å². The van der Waals surface area contributed by atoms with Crippen LogP contribution in [0.4, 0.5) is 9.59 Å². The molecule has 0 aliphatic carbocycles. The van der Waals surface area contributed by atoms with Gasteiger partial charge in [0.05, 0.1) is 6.10 Å². The lowest BCUT2D eigenvalue weighted by Crippen LogP contribution is -2.62. The topological polar surface area (TPSA) is 266 Å². The lowest BCUT2D eigenvalue weighted by molar-refractivity contribution is -0.142. The second kappa shape index (κ2) is 31.6. The van der Waals surface area contributed by atoms with Crippen molar-refractivity contribution < 1.29 is 52.9 Å². The van der Waals surface area contributed by atoms with E-state index in [1.807, 2.05) is 13.8 Å². The van der Waals surface area contributed by atoms with Crippen molar-refractivity contribution in [3.8, 4) is 0 Å². The molecule has 5 atom stereocenters. The van der Waals surface area contributed by atoms with E-state index in [-0.39, 0.29) is 50.8 Å². The second-order valence-electron chi connectivity index (χ2n) is 18.4. The van der Waals surface area contributed by atoms with Gasteiger partial charge in [-0.3, -0.25) is 19.2 Å². The van der Waals surface area contributed by atoms with Crippen molar-refractivity contribution in [3.05, 3.63) is 0 Å². The fourth-order valence-corrected chi connectivity index (χ4v) is 6.01. The van der Waals surface area contributed by atoms with E-state index in [4.69, 9.17) is 19.9 Å². The molecule has 18 heteroatoms. The van der Waals surface area contributed by atoms with Gasteiger partial charge < -0.3 is 57.0 Å². The highest BCUT2D eigenvalue weighted by Gasteiger charge is 2.33. The van der Waals surface area contributed by atoms with Crippen LogP contribution in [0.5, 0.6) is 0 Å². The molecule has 0 radical (unpaired) electrons. The highest BCUT2D eigenvalue weighted by molar-refractivity contribution is 5.95. The molecule has 0 heterocycles. The molecule has 6 amide bonds. The zero-order valence-electron chi connectivity index (χ0n) is 39.5. The third-order valence-corrected chi connectivity index (χ3v) is 9.27. The Hall–Kier alpha value is -4.19. The van der Waals surface area contributed by atoms with Crippen LogP contribution >= 0.6 is 0 Å². The number of carboxylic acid groups (broad SMARTS) is 1. The third-order valence-electron chi connectivity index (χ3n) is 9.27. The quantitative estimate of drug-likeness (QED) is 0.0316. The number of unbranched alkanes of at least 4 members (excludes halogenated alkanes) is 10. The van der Waals surface area contributed by atoms with Gasteiger partial charge in [-0.25, -0.2) is 14.4 Å². The van der Waals surface area contributed by atoms with Gasteiger partial charge in [0.15, 0.2) is 6.17 Å². The summed E-state index contributed by atoms with van der Waals surface area (Å²) in [7, 11) is 0. The van der Waals surface area contributed by atoms with Crippen LogP contribution in [0.3, 0.4) is 0 Å². The molecule has 0 aromatic rings. The van der Waals surface area contributed by atoms with Crippen LogP contribution in [0.25, 0.3) is 0 Å². The number of hydrogen-bond donors (Lipinski definition) is 8. The number of carbonyl (C=O) groups excluding carboxylic acids is 6. The van der Waals surface area contributed by atoms with Gasteiger partial charge in [-0.1, -0.05) is 72.1 Å². The fourth-order valence-electron chi connectivity index (χ4n) is 6.01. The van der Waals surface area contributed by atoms with E-state index in [2.05, 4.69) is 38.8 Å². The second-order valence-corrected chi connectivity index (χ2v) is 18.4. The van der Waals surface area contributed by atoms with Gasteiger partial charge in [0.25, 0.3) is 5.91 Å². The van der Waals surface area contributed by atoms with E-state index in [0.29, 0.717) is 32.1 Å². The SMILES string of the molecule is CCCCCCCCCCCC(=O)N[C@@H](CCCCNC(=O)OC(C)(C)C)C(=O)N[C@H](C(=O)N[C@@H](N)C(=O)N[C@@H](CCCCNC(=O)OC(C)(C)C)C(=O)O)[C@@H](C)OCC(C)C. The number of ether oxygens (including phenoxy) is 3. The normalized spacial score (nSPS) is 14.1. The van der Waals surface area contributed by atoms with Crippen molar-refractivity contribution in [1.82, 2.24) is 31.9 Å². The van der Waals surface area contributed by atoms with Crippen molar-refractivity contribution in [2.75, 3.05) is 19.7 Å². The van der Waals surface area contributed by atoms with Crippen LogP contribution < -0.4 is 37.6 Å². The maximum atomic E-state index is 13.9. The van der Waals surface area contributed by atoms with Gasteiger partial charge in [-0.05, 0) is 99.3 Å². The predicted octanol–water partition coefficient (Wildman–Crippen LogP) is 5.30. The molecule has 0 unspecified atom stereocenters. The minimum absolute atomic E-state index is 0.0137. The van der Waals surface area contributed by atoms with E-state index in [0.717, 1.165) is 19.3 Å². The zero-order chi connectivity index (χ0) is 47.3. The van der Waals surface area contributed by atoms with Crippen molar-refractivity contribution in [1.29, 1.82) is 0 Å². The number of rotatable bonds is 32. The van der Waals surface area contributed by atoms with Gasteiger partial charge >= 0.3 is 18.2 Å². The summed E-state index contributed by atoms with van der Waals surface area (Å²) in [5.74, 6) is -4.04. The Morgan fingerprint density at radius 1 is 0.581 bits per heavy atom. The average molecular weight is 886 g/mol. The van der Waals surface area contributed by atoms with Gasteiger partial charge in [-0.2, -0.15) is 0 Å². The number of carbonyl (C=O) groups is 7. The maximum Gasteiger partial charge on any atom is 0.407 e. The standard InChI is InChI=1S/C44H83N7O11/c1-11-12-13-14-15-16-17-18-19-26-34(52)48-32(24-20-22-27-46-41(58)61-43(5,6)7)37(53)50-35(31(4)60-29-30(2)3)38(54)51-36(45)39(55)49-33(40(56)57)25-21-23-28-47-42(59)62-44(8,9)10/h30-33,35-36H,11-29,45H2,1-10H3,(H,46,58)(H,47,59)(H,48,52)(H,49,55)(H,50,53)(H,51,54)(H,56,57)/t31-,32+,33+,35+,36-/m1/s1. The largest absolute Gasteiger partial charge is 0.480 e. The molecular weight excluding hydrogens is 803 g/mol. The summed E-state index contributed by atoms with van der Waals surface area (Å²) in [6, 6.07) is -3.74. The first-order valence-corrected chi connectivity index (χ1v) is 22.7. The minimum atomic E-state index is -1.70. The molecule has 0 bridgehead atoms. The van der Waals surface area contributed by atoms with Crippen molar-refractivity contribution in [3.63, 3.8) is 0 Å². The van der Waals surface area contributed by atoms with Crippen LogP contribution in [0, 0.1) is 5.92 Å². The number of amides is 6. The smallest absolute Gasteiger partial charge is 0.407 e. The Morgan fingerprint density at radius 3 is 1.53 bits per heavy atom. The number of nitrogens with two attached hydrogens (primary N) is 1. The molecule has 360 valence electrons. The average Bonchev–Trinajstić information content (AvgIpc) is 3.15. The summed E-state index contributed by atoms with van der Waals surface area (Å²) >= 11 is 0. The maximum absolute atomic E-state index is 13.9. The summed E-state index contributed by atoms with van der Waals surface area (Å²) in [4.78, 5) is 89.8. The highest BCUT2D eigenvalue weighted by atomic mass is 16.6. The van der Waals surface area contributed by atoms with Crippen LogP contribution in [-0.2, 0) is 38.2 Å². The molecule has 18 nitrogen and oxygen atoms in total. The van der Waals surface area contributed by atoms with Crippen molar-refractivity contribution in [2.45, 2.75) is 214 Å². The Balaban J connectivity index is 5.73. The first-order chi connectivity index (χ1) is 28.9. The summed E-state index contributed by atoms with van der Waals surface area (Å²) in [5.41, 5.74) is 4.72. The molecular formula is C44H83N7O11. The molecule has 0 rings (SSSR count). The lowest BCUT2D eigenvalue weighted by atomic mass is 10.0. The molecule has 0 saturated heterocycles. The molecule has 0 aliphatic heterocycles. The number of hydrogen-bond acceptors (Lipinski definition) is 11. The lowest BCUT2D eigenvalue weighted by Gasteiger charge is -2.28. The molecule has 0 aromatic heterocycles. The van der Waals surface area contributed by atoms with E-state index in [1.54, 1.807) is 48.5 Å². The van der Waals surface area contributed by atoms with Crippen LogP contribution in [0.15, 0.2) is 0 Å². The summed E-state index contributed by atoms with van der Waals surface area (Å²) < 4.78 is 16.4. The summed E-state index contributed by atoms with van der Waals surface area (Å²) in [6.07, 6.45) is 8.01. The monoisotopic (exact) mass is 886 g/mol. The Labute approximate surface area is 370 Å². The van der Waals surface area contributed by atoms with E-state index < -0.39 is 77.5 Å². The minimum Gasteiger partial charge on any atom is -0.480 e. The molecule has 62 heavy (non-hydrogen) atoms. The van der Waals surface area contributed by atoms with Gasteiger partial charge in [0, 0.05) is 26.1 Å². The molecule has 0 fully saturated rings. The van der Waals surface area contributed by atoms with Crippen LogP contribution in [0.1, 0.15) is 172 Å². The Morgan fingerprint density at radius 2 is 1.06 bits per heavy atom. The summed E-state index contributed by atoms with van der Waals surface area (Å²) in [5, 5.41) is 25.3. The third kappa shape index (κ3) is 30.8. The Bertz CT molecular complexity index is 1350. The van der Waals surface area contributed by atoms with Gasteiger partial charge in [0.2, 0.25) is 17.7 Å². The molecule has 0 spiro atoms. The fraction of sp³-hybridized carbons (Fsp3) is 0.841. The first kappa shape index (κ1) is 57.8.